The van der Waals surface area contributed by atoms with Crippen LogP contribution >= 0.6 is 0 Å². The van der Waals surface area contributed by atoms with Gasteiger partial charge in [-0.2, -0.15) is 0 Å². The van der Waals surface area contributed by atoms with E-state index in [1.54, 1.807) is 32.1 Å². The summed E-state index contributed by atoms with van der Waals surface area (Å²) in [5.41, 5.74) is 0.834. The first-order valence-corrected chi connectivity index (χ1v) is 5.31. The molecule has 0 aromatic rings. The van der Waals surface area contributed by atoms with Crippen molar-refractivity contribution in [2.45, 2.75) is 45.4 Å². The zero-order chi connectivity index (χ0) is 7.47. The van der Waals surface area contributed by atoms with Crippen LogP contribution in [0.4, 0.5) is 0 Å². The van der Waals surface area contributed by atoms with Crippen LogP contribution < -0.4 is 0 Å². The highest BCUT2D eigenvalue weighted by molar-refractivity contribution is 5.07. The van der Waals surface area contributed by atoms with Gasteiger partial charge in [0.15, 0.2) is 0 Å². The number of rotatable bonds is 0. The molecule has 0 N–H and O–H groups in total. The van der Waals surface area contributed by atoms with Crippen LogP contribution in [0, 0.1) is 23.2 Å². The smallest absolute Gasteiger partial charge is 0.0266 e. The van der Waals surface area contributed by atoms with E-state index in [0.717, 1.165) is 23.2 Å². The van der Waals surface area contributed by atoms with Gasteiger partial charge in [0.2, 0.25) is 0 Å². The first kappa shape index (κ1) is 6.51. The molecule has 0 spiro atoms. The number of hydrogen-bond acceptors (Lipinski definition) is 0. The van der Waals surface area contributed by atoms with E-state index in [1.807, 2.05) is 0 Å². The minimum absolute atomic E-state index is 0.834. The van der Waals surface area contributed by atoms with Crippen LogP contribution in [0.25, 0.3) is 0 Å². The third-order valence-corrected chi connectivity index (χ3v) is 5.06. The number of fused-ring (bicyclic) bond motifs is 3. The third kappa shape index (κ3) is 0.625. The Kier molecular flexibility index (Phi) is 1.09. The van der Waals surface area contributed by atoms with Crippen LogP contribution in [0.3, 0.4) is 0 Å². The Bertz CT molecular complexity index is 184. The maximum absolute atomic E-state index is 2.57. The summed E-state index contributed by atoms with van der Waals surface area (Å²) in [6, 6.07) is 0. The molecule has 0 radical (unpaired) electrons. The molecule has 0 aliphatic heterocycles. The molecule has 0 saturated heterocycles. The van der Waals surface area contributed by atoms with Crippen molar-refractivity contribution in [2.75, 3.05) is 0 Å². The highest BCUT2D eigenvalue weighted by atomic mass is 14.6. The van der Waals surface area contributed by atoms with E-state index in [2.05, 4.69) is 6.92 Å². The van der Waals surface area contributed by atoms with Gasteiger partial charge in [0.05, 0.1) is 0 Å². The molecular formula is C11H18. The molecule has 0 nitrogen and oxygen atoms in total. The van der Waals surface area contributed by atoms with Gasteiger partial charge in [0.1, 0.15) is 0 Å². The van der Waals surface area contributed by atoms with E-state index in [1.165, 1.54) is 6.42 Å². The normalized spacial score (nSPS) is 60.3. The zero-order valence-corrected chi connectivity index (χ0v) is 7.47. The SMILES string of the molecule is C[C@@]12CC[C@@H]1C[C@@H]1CCC[C@H]12. The standard InChI is InChI=1S/C11H18/c1-11-6-5-9(11)7-8-3-2-4-10(8)11/h8-10H,2-7H2,1H3/t8-,9+,10+,11+/m0/s1. The minimum atomic E-state index is 0.834. The fourth-order valence-corrected chi connectivity index (χ4v) is 4.23. The van der Waals surface area contributed by atoms with E-state index >= 15 is 0 Å². The van der Waals surface area contributed by atoms with Crippen molar-refractivity contribution in [3.63, 3.8) is 0 Å². The van der Waals surface area contributed by atoms with Crippen LogP contribution in [0.15, 0.2) is 0 Å². The van der Waals surface area contributed by atoms with Crippen molar-refractivity contribution in [1.82, 2.24) is 0 Å². The monoisotopic (exact) mass is 150 g/mol. The third-order valence-electron chi connectivity index (χ3n) is 5.06. The second kappa shape index (κ2) is 1.84. The predicted molar refractivity (Wildman–Crippen MR) is 46.3 cm³/mol. The van der Waals surface area contributed by atoms with Crippen LogP contribution in [-0.4, -0.2) is 0 Å². The average Bonchev–Trinajstić information content (AvgIpc) is 2.49. The molecular weight excluding hydrogens is 132 g/mol. The van der Waals surface area contributed by atoms with Crippen LogP contribution in [0.1, 0.15) is 45.4 Å². The van der Waals surface area contributed by atoms with E-state index in [9.17, 15) is 0 Å². The van der Waals surface area contributed by atoms with Gasteiger partial charge in [-0.25, -0.2) is 0 Å². The van der Waals surface area contributed by atoms with Gasteiger partial charge in [0, 0.05) is 0 Å². The van der Waals surface area contributed by atoms with Gasteiger partial charge in [-0.3, -0.25) is 0 Å². The largest absolute Gasteiger partial charge is 0.0591 e. The van der Waals surface area contributed by atoms with Gasteiger partial charge in [-0.05, 0) is 48.9 Å². The van der Waals surface area contributed by atoms with Crippen LogP contribution in [0.5, 0.6) is 0 Å². The lowest BCUT2D eigenvalue weighted by atomic mass is 9.59. The van der Waals surface area contributed by atoms with E-state index in [4.69, 9.17) is 0 Å². The highest BCUT2D eigenvalue weighted by Crippen LogP contribution is 2.66. The van der Waals surface area contributed by atoms with Crippen molar-refractivity contribution < 1.29 is 0 Å². The zero-order valence-electron chi connectivity index (χ0n) is 7.47. The number of hydrogen-bond donors (Lipinski definition) is 0. The molecule has 3 fully saturated rings. The quantitative estimate of drug-likeness (QED) is 0.497. The molecule has 3 saturated carbocycles. The Labute approximate surface area is 69.4 Å². The van der Waals surface area contributed by atoms with Gasteiger partial charge in [-0.15, -0.1) is 0 Å². The molecule has 0 amide bonds. The average molecular weight is 150 g/mol. The molecule has 3 aliphatic carbocycles. The molecule has 0 unspecified atom stereocenters. The molecule has 0 bridgehead atoms. The predicted octanol–water partition coefficient (Wildman–Crippen LogP) is 3.22. The second-order valence-corrected chi connectivity index (χ2v) is 5.27. The lowest BCUT2D eigenvalue weighted by molar-refractivity contribution is 0.0384. The Balaban J connectivity index is 1.92. The lowest BCUT2D eigenvalue weighted by Gasteiger charge is -2.46. The van der Waals surface area contributed by atoms with Crippen LogP contribution in [-0.2, 0) is 0 Å². The Morgan fingerprint density at radius 1 is 1.18 bits per heavy atom. The molecule has 0 aromatic carbocycles. The van der Waals surface area contributed by atoms with Gasteiger partial charge >= 0.3 is 0 Å². The highest BCUT2D eigenvalue weighted by Gasteiger charge is 2.57. The summed E-state index contributed by atoms with van der Waals surface area (Å²) >= 11 is 0. The molecule has 4 atom stereocenters. The maximum Gasteiger partial charge on any atom is -0.0266 e. The van der Waals surface area contributed by atoms with E-state index in [0.29, 0.717) is 0 Å². The van der Waals surface area contributed by atoms with Crippen LogP contribution in [0.2, 0.25) is 0 Å². The van der Waals surface area contributed by atoms with Crippen molar-refractivity contribution >= 4 is 0 Å². The Hall–Kier alpha value is 0. The lowest BCUT2D eigenvalue weighted by Crippen LogP contribution is -2.37. The molecule has 0 aromatic heterocycles. The summed E-state index contributed by atoms with van der Waals surface area (Å²) < 4.78 is 0. The van der Waals surface area contributed by atoms with Crippen molar-refractivity contribution in [1.29, 1.82) is 0 Å². The maximum atomic E-state index is 2.57. The Morgan fingerprint density at radius 3 is 2.82 bits per heavy atom. The summed E-state index contributed by atoms with van der Waals surface area (Å²) in [7, 11) is 0. The van der Waals surface area contributed by atoms with Crippen molar-refractivity contribution in [3.8, 4) is 0 Å². The molecule has 3 rings (SSSR count). The second-order valence-electron chi connectivity index (χ2n) is 5.27. The van der Waals surface area contributed by atoms with Crippen molar-refractivity contribution in [3.05, 3.63) is 0 Å². The van der Waals surface area contributed by atoms with E-state index in [-0.39, 0.29) is 0 Å². The molecule has 0 heteroatoms. The Morgan fingerprint density at radius 2 is 2.09 bits per heavy atom. The summed E-state index contributed by atoms with van der Waals surface area (Å²) in [6.45, 7) is 2.57. The first-order chi connectivity index (χ1) is 5.31. The van der Waals surface area contributed by atoms with Gasteiger partial charge < -0.3 is 0 Å². The molecule has 11 heavy (non-hydrogen) atoms. The van der Waals surface area contributed by atoms with Crippen molar-refractivity contribution in [2.24, 2.45) is 23.2 Å². The summed E-state index contributed by atoms with van der Waals surface area (Å²) in [6.07, 6.45) is 9.38. The van der Waals surface area contributed by atoms with Gasteiger partial charge in [-0.1, -0.05) is 19.8 Å². The van der Waals surface area contributed by atoms with Gasteiger partial charge in [0.25, 0.3) is 0 Å². The molecule has 3 aliphatic rings. The topological polar surface area (TPSA) is 0 Å². The molecule has 0 heterocycles. The summed E-state index contributed by atoms with van der Waals surface area (Å²) in [4.78, 5) is 0. The first-order valence-electron chi connectivity index (χ1n) is 5.31. The minimum Gasteiger partial charge on any atom is -0.0591 e. The summed E-state index contributed by atoms with van der Waals surface area (Å²) in [5, 5.41) is 0. The fourth-order valence-electron chi connectivity index (χ4n) is 4.23. The van der Waals surface area contributed by atoms with E-state index < -0.39 is 0 Å². The summed E-state index contributed by atoms with van der Waals surface area (Å²) in [5.74, 6) is 3.46. The molecule has 62 valence electrons. The fraction of sp³-hybridized carbons (Fsp3) is 1.00.